The summed E-state index contributed by atoms with van der Waals surface area (Å²) in [4.78, 5) is 24.3. The number of nitrogens with one attached hydrogen (secondary N) is 1. The van der Waals surface area contributed by atoms with E-state index in [4.69, 9.17) is 9.47 Å². The van der Waals surface area contributed by atoms with Crippen LogP contribution in [0.2, 0.25) is 0 Å². The summed E-state index contributed by atoms with van der Waals surface area (Å²) in [6.45, 7) is 4.61. The molecule has 150 valence electrons. The van der Waals surface area contributed by atoms with Gasteiger partial charge in [-0.2, -0.15) is 4.72 Å². The Kier molecular flexibility index (Phi) is 6.93. The van der Waals surface area contributed by atoms with Crippen molar-refractivity contribution in [1.82, 2.24) is 4.72 Å². The molecule has 28 heavy (non-hydrogen) atoms. The largest absolute Gasteiger partial charge is 0.497 e. The van der Waals surface area contributed by atoms with Crippen LogP contribution in [-0.4, -0.2) is 39.9 Å². The number of sulfonamides is 1. The number of ether oxygens (including phenoxy) is 2. The molecule has 1 N–H and O–H groups in total. The maximum absolute atomic E-state index is 12.4. The molecule has 0 aliphatic heterocycles. The zero-order valence-electron chi connectivity index (χ0n) is 16.2. The predicted octanol–water partition coefficient (Wildman–Crippen LogP) is 2.40. The van der Waals surface area contributed by atoms with Crippen LogP contribution in [0.5, 0.6) is 5.75 Å². The fourth-order valence-corrected chi connectivity index (χ4v) is 3.76. The standard InChI is InChI=1S/C20H23NO6S/c1-13-5-10-18(14(2)11-13)19(22)12-27-20(23)15(3)21-28(24,25)17-8-6-16(26-4)7-9-17/h5-11,15,21H,12H2,1-4H3/t15-/m0/s1. The predicted molar refractivity (Wildman–Crippen MR) is 104 cm³/mol. The number of carbonyl (C=O) groups is 2. The second-order valence-corrected chi connectivity index (χ2v) is 8.08. The number of carbonyl (C=O) groups excluding carboxylic acids is 2. The van der Waals surface area contributed by atoms with E-state index in [1.807, 2.05) is 13.0 Å². The van der Waals surface area contributed by atoms with E-state index < -0.39 is 28.6 Å². The lowest BCUT2D eigenvalue weighted by atomic mass is 10.0. The Morgan fingerprint density at radius 2 is 1.71 bits per heavy atom. The second-order valence-electron chi connectivity index (χ2n) is 6.37. The average Bonchev–Trinajstić information content (AvgIpc) is 2.65. The summed E-state index contributed by atoms with van der Waals surface area (Å²) in [7, 11) is -2.45. The first-order chi connectivity index (χ1) is 13.1. The van der Waals surface area contributed by atoms with Crippen LogP contribution in [0, 0.1) is 13.8 Å². The molecule has 0 aromatic heterocycles. The molecule has 0 saturated heterocycles. The van der Waals surface area contributed by atoms with Crippen LogP contribution in [0.1, 0.15) is 28.4 Å². The van der Waals surface area contributed by atoms with E-state index in [0.717, 1.165) is 11.1 Å². The number of benzene rings is 2. The van der Waals surface area contributed by atoms with E-state index in [9.17, 15) is 18.0 Å². The lowest BCUT2D eigenvalue weighted by Gasteiger charge is -2.14. The topological polar surface area (TPSA) is 98.8 Å². The summed E-state index contributed by atoms with van der Waals surface area (Å²) >= 11 is 0. The number of aryl methyl sites for hydroxylation is 2. The number of methoxy groups -OCH3 is 1. The first-order valence-corrected chi connectivity index (χ1v) is 10.1. The molecule has 0 heterocycles. The molecule has 7 nitrogen and oxygen atoms in total. The molecule has 0 spiro atoms. The molecule has 0 aliphatic rings. The van der Waals surface area contributed by atoms with E-state index in [1.54, 1.807) is 19.1 Å². The van der Waals surface area contributed by atoms with Gasteiger partial charge in [0, 0.05) is 5.56 Å². The summed E-state index contributed by atoms with van der Waals surface area (Å²) in [6.07, 6.45) is 0. The zero-order valence-corrected chi connectivity index (χ0v) is 17.0. The molecular formula is C20H23NO6S. The van der Waals surface area contributed by atoms with E-state index in [-0.39, 0.29) is 10.7 Å². The van der Waals surface area contributed by atoms with Crippen LogP contribution in [0.25, 0.3) is 0 Å². The van der Waals surface area contributed by atoms with Crippen molar-refractivity contribution in [3.05, 3.63) is 59.2 Å². The van der Waals surface area contributed by atoms with Gasteiger partial charge in [-0.05, 0) is 50.6 Å². The highest BCUT2D eigenvalue weighted by molar-refractivity contribution is 7.89. The van der Waals surface area contributed by atoms with E-state index in [1.165, 1.54) is 38.3 Å². The normalized spacial score (nSPS) is 12.3. The molecule has 0 fully saturated rings. The molecule has 2 aromatic rings. The first kappa shape index (κ1) is 21.6. The maximum Gasteiger partial charge on any atom is 0.324 e. The maximum atomic E-state index is 12.4. The van der Waals surface area contributed by atoms with E-state index in [2.05, 4.69) is 4.72 Å². The van der Waals surface area contributed by atoms with Crippen LogP contribution < -0.4 is 9.46 Å². The number of Topliss-reactive ketones (excluding diaryl/α,β-unsaturated/α-hetero) is 1. The van der Waals surface area contributed by atoms with Crippen molar-refractivity contribution in [2.24, 2.45) is 0 Å². The van der Waals surface area contributed by atoms with Crippen molar-refractivity contribution in [3.8, 4) is 5.75 Å². The second kappa shape index (κ2) is 8.99. The van der Waals surface area contributed by atoms with Crippen LogP contribution >= 0.6 is 0 Å². The Labute approximate surface area is 164 Å². The van der Waals surface area contributed by atoms with Crippen molar-refractivity contribution in [2.75, 3.05) is 13.7 Å². The van der Waals surface area contributed by atoms with Crippen molar-refractivity contribution in [3.63, 3.8) is 0 Å². The minimum absolute atomic E-state index is 0.0145. The SMILES string of the molecule is COc1ccc(S(=O)(=O)N[C@@H](C)C(=O)OCC(=O)c2ccc(C)cc2C)cc1. The van der Waals surface area contributed by atoms with Crippen molar-refractivity contribution in [2.45, 2.75) is 31.7 Å². The minimum atomic E-state index is -3.92. The quantitative estimate of drug-likeness (QED) is 0.535. The van der Waals surface area contributed by atoms with Crippen molar-refractivity contribution in [1.29, 1.82) is 0 Å². The molecule has 0 saturated carbocycles. The average molecular weight is 405 g/mol. The Morgan fingerprint density at radius 3 is 2.29 bits per heavy atom. The van der Waals surface area contributed by atoms with Crippen LogP contribution in [-0.2, 0) is 19.6 Å². The third-order valence-corrected chi connectivity index (χ3v) is 5.64. The van der Waals surface area contributed by atoms with Crippen LogP contribution in [0.3, 0.4) is 0 Å². The highest BCUT2D eigenvalue weighted by Gasteiger charge is 2.24. The van der Waals surface area contributed by atoms with Gasteiger partial charge in [0.15, 0.2) is 6.61 Å². The fraction of sp³-hybridized carbons (Fsp3) is 0.300. The van der Waals surface area contributed by atoms with E-state index in [0.29, 0.717) is 11.3 Å². The smallest absolute Gasteiger partial charge is 0.324 e. The van der Waals surface area contributed by atoms with Gasteiger partial charge in [0.05, 0.1) is 12.0 Å². The minimum Gasteiger partial charge on any atom is -0.497 e. The van der Waals surface area contributed by atoms with Gasteiger partial charge in [-0.25, -0.2) is 8.42 Å². The summed E-state index contributed by atoms with van der Waals surface area (Å²) in [5.74, 6) is -0.678. The molecule has 0 aliphatic carbocycles. The molecule has 0 radical (unpaired) electrons. The molecule has 2 rings (SSSR count). The number of rotatable bonds is 8. The molecule has 0 unspecified atom stereocenters. The highest BCUT2D eigenvalue weighted by Crippen LogP contribution is 2.16. The van der Waals surface area contributed by atoms with E-state index >= 15 is 0 Å². The summed E-state index contributed by atoms with van der Waals surface area (Å²) in [6, 6.07) is 9.91. The van der Waals surface area contributed by atoms with Crippen LogP contribution in [0.4, 0.5) is 0 Å². The van der Waals surface area contributed by atoms with Gasteiger partial charge in [-0.3, -0.25) is 9.59 Å². The number of ketones is 1. The summed E-state index contributed by atoms with van der Waals surface area (Å²) in [5.41, 5.74) is 2.27. The Morgan fingerprint density at radius 1 is 1.07 bits per heavy atom. The third-order valence-electron chi connectivity index (χ3n) is 4.08. The lowest BCUT2D eigenvalue weighted by molar-refractivity contribution is -0.144. The Bertz CT molecular complexity index is 967. The number of esters is 1. The van der Waals surface area contributed by atoms with Gasteiger partial charge >= 0.3 is 5.97 Å². The van der Waals surface area contributed by atoms with Gasteiger partial charge in [0.1, 0.15) is 11.8 Å². The first-order valence-electron chi connectivity index (χ1n) is 8.57. The van der Waals surface area contributed by atoms with Gasteiger partial charge in [0.2, 0.25) is 15.8 Å². The van der Waals surface area contributed by atoms with Gasteiger partial charge in [-0.1, -0.05) is 23.8 Å². The number of hydrogen-bond acceptors (Lipinski definition) is 6. The number of hydrogen-bond donors (Lipinski definition) is 1. The molecular weight excluding hydrogens is 382 g/mol. The highest BCUT2D eigenvalue weighted by atomic mass is 32.2. The molecule has 8 heteroatoms. The molecule has 0 bridgehead atoms. The Hall–Kier alpha value is -2.71. The fourth-order valence-electron chi connectivity index (χ4n) is 2.57. The van der Waals surface area contributed by atoms with Crippen molar-refractivity contribution < 1.29 is 27.5 Å². The van der Waals surface area contributed by atoms with Crippen LogP contribution in [0.15, 0.2) is 47.4 Å². The monoisotopic (exact) mass is 405 g/mol. The van der Waals surface area contributed by atoms with Crippen molar-refractivity contribution >= 4 is 21.8 Å². The molecule has 2 aromatic carbocycles. The summed E-state index contributed by atoms with van der Waals surface area (Å²) < 4.78 is 36.9. The van der Waals surface area contributed by atoms with Gasteiger partial charge in [0.25, 0.3) is 0 Å². The molecule has 0 amide bonds. The molecule has 1 atom stereocenters. The van der Waals surface area contributed by atoms with Gasteiger partial charge < -0.3 is 9.47 Å². The zero-order chi connectivity index (χ0) is 20.9. The van der Waals surface area contributed by atoms with Gasteiger partial charge in [-0.15, -0.1) is 0 Å². The third kappa shape index (κ3) is 5.40. The summed E-state index contributed by atoms with van der Waals surface area (Å²) in [5, 5.41) is 0. The lowest BCUT2D eigenvalue weighted by Crippen LogP contribution is -2.40. The Balaban J connectivity index is 1.97.